The van der Waals surface area contributed by atoms with E-state index in [1.54, 1.807) is 0 Å². The summed E-state index contributed by atoms with van der Waals surface area (Å²) in [5.41, 5.74) is 8.21. The van der Waals surface area contributed by atoms with Crippen molar-refractivity contribution in [3.05, 3.63) is 90.5 Å². The van der Waals surface area contributed by atoms with Crippen molar-refractivity contribution < 1.29 is 19.0 Å². The lowest BCUT2D eigenvalue weighted by molar-refractivity contribution is -0.141. The molecule has 0 saturated carbocycles. The molecule has 0 amide bonds. The molecule has 0 spiro atoms. The topological polar surface area (TPSA) is 82.8 Å². The summed E-state index contributed by atoms with van der Waals surface area (Å²) in [5.74, 6) is 1.21. The van der Waals surface area contributed by atoms with Crippen LogP contribution < -0.4 is 15.8 Å². The molecule has 0 heterocycles. The number of para-hydroxylation sites is 1. The molecule has 32 heavy (non-hydrogen) atoms. The van der Waals surface area contributed by atoms with Gasteiger partial charge >= 0.3 is 5.97 Å². The SMILES string of the molecule is CC(=O)OCC(N)CC(COCc1ccccc1)Nc1ccc(Oc2ccccc2)cc1. The second kappa shape index (κ2) is 12.5. The summed E-state index contributed by atoms with van der Waals surface area (Å²) in [6, 6.07) is 27.1. The van der Waals surface area contributed by atoms with Gasteiger partial charge in [-0.2, -0.15) is 0 Å². The fourth-order valence-corrected chi connectivity index (χ4v) is 3.20. The fourth-order valence-electron chi connectivity index (χ4n) is 3.20. The van der Waals surface area contributed by atoms with Gasteiger partial charge in [-0.05, 0) is 48.4 Å². The van der Waals surface area contributed by atoms with Gasteiger partial charge in [0.05, 0.1) is 19.3 Å². The molecule has 0 aromatic heterocycles. The zero-order chi connectivity index (χ0) is 22.6. The predicted molar refractivity (Wildman–Crippen MR) is 126 cm³/mol. The number of esters is 1. The van der Waals surface area contributed by atoms with Gasteiger partial charge in [-0.25, -0.2) is 0 Å². The van der Waals surface area contributed by atoms with Crippen molar-refractivity contribution in [2.75, 3.05) is 18.5 Å². The highest BCUT2D eigenvalue weighted by atomic mass is 16.5. The Morgan fingerprint density at radius 3 is 2.16 bits per heavy atom. The molecular formula is C26H30N2O4. The maximum absolute atomic E-state index is 11.1. The first kappa shape index (κ1) is 23.3. The number of hydrogen-bond donors (Lipinski definition) is 2. The molecule has 168 valence electrons. The summed E-state index contributed by atoms with van der Waals surface area (Å²) < 4.78 is 16.8. The van der Waals surface area contributed by atoms with Crippen molar-refractivity contribution in [1.29, 1.82) is 0 Å². The molecule has 0 aliphatic carbocycles. The van der Waals surface area contributed by atoms with Crippen LogP contribution in [0.4, 0.5) is 5.69 Å². The summed E-state index contributed by atoms with van der Waals surface area (Å²) in [5, 5.41) is 3.47. The van der Waals surface area contributed by atoms with Crippen molar-refractivity contribution in [3.8, 4) is 11.5 Å². The average Bonchev–Trinajstić information content (AvgIpc) is 2.80. The molecule has 3 aromatic rings. The van der Waals surface area contributed by atoms with Gasteiger partial charge in [0.15, 0.2) is 0 Å². The molecule has 2 unspecified atom stereocenters. The Hall–Kier alpha value is -3.35. The van der Waals surface area contributed by atoms with Crippen molar-refractivity contribution >= 4 is 11.7 Å². The van der Waals surface area contributed by atoms with Crippen molar-refractivity contribution in [3.63, 3.8) is 0 Å². The van der Waals surface area contributed by atoms with Crippen LogP contribution in [0.2, 0.25) is 0 Å². The van der Waals surface area contributed by atoms with Crippen LogP contribution >= 0.6 is 0 Å². The molecule has 0 saturated heterocycles. The molecule has 0 aliphatic rings. The van der Waals surface area contributed by atoms with E-state index in [1.807, 2.05) is 84.9 Å². The van der Waals surface area contributed by atoms with Gasteiger partial charge in [0.1, 0.15) is 18.1 Å². The molecule has 6 heteroatoms. The first-order chi connectivity index (χ1) is 15.6. The molecule has 0 aliphatic heterocycles. The van der Waals surface area contributed by atoms with Crippen LogP contribution in [0, 0.1) is 0 Å². The summed E-state index contributed by atoms with van der Waals surface area (Å²) in [7, 11) is 0. The van der Waals surface area contributed by atoms with Gasteiger partial charge in [-0.1, -0.05) is 48.5 Å². The lowest BCUT2D eigenvalue weighted by Gasteiger charge is -2.23. The first-order valence-corrected chi connectivity index (χ1v) is 10.7. The van der Waals surface area contributed by atoms with Crippen LogP contribution in [0.5, 0.6) is 11.5 Å². The lowest BCUT2D eigenvalue weighted by atomic mass is 10.1. The third-order valence-corrected chi connectivity index (χ3v) is 4.72. The Kier molecular flexibility index (Phi) is 9.10. The zero-order valence-corrected chi connectivity index (χ0v) is 18.3. The van der Waals surface area contributed by atoms with Crippen LogP contribution in [0.3, 0.4) is 0 Å². The van der Waals surface area contributed by atoms with Gasteiger partial charge in [0.2, 0.25) is 0 Å². The minimum atomic E-state index is -0.334. The summed E-state index contributed by atoms with van der Waals surface area (Å²) >= 11 is 0. The number of anilines is 1. The van der Waals surface area contributed by atoms with E-state index in [0.29, 0.717) is 19.6 Å². The van der Waals surface area contributed by atoms with E-state index in [4.69, 9.17) is 19.9 Å². The zero-order valence-electron chi connectivity index (χ0n) is 18.3. The van der Waals surface area contributed by atoms with Gasteiger partial charge in [-0.15, -0.1) is 0 Å². The second-order valence-corrected chi connectivity index (χ2v) is 7.58. The molecule has 3 rings (SSSR count). The smallest absolute Gasteiger partial charge is 0.302 e. The van der Waals surface area contributed by atoms with Gasteiger partial charge in [0.25, 0.3) is 0 Å². The third-order valence-electron chi connectivity index (χ3n) is 4.72. The number of rotatable bonds is 12. The number of carbonyl (C=O) groups is 1. The maximum Gasteiger partial charge on any atom is 0.302 e. The number of hydrogen-bond acceptors (Lipinski definition) is 6. The molecular weight excluding hydrogens is 404 g/mol. The quantitative estimate of drug-likeness (QED) is 0.400. The minimum Gasteiger partial charge on any atom is -0.464 e. The molecule has 3 aromatic carbocycles. The van der Waals surface area contributed by atoms with E-state index >= 15 is 0 Å². The monoisotopic (exact) mass is 434 g/mol. The number of nitrogens with two attached hydrogens (primary N) is 1. The van der Waals surface area contributed by atoms with Gasteiger partial charge in [-0.3, -0.25) is 4.79 Å². The Labute approximate surface area is 189 Å². The number of ether oxygens (including phenoxy) is 3. The third kappa shape index (κ3) is 8.41. The number of benzene rings is 3. The van der Waals surface area contributed by atoms with Crippen molar-refractivity contribution in [2.24, 2.45) is 5.73 Å². The number of nitrogens with one attached hydrogen (secondary N) is 1. The summed E-state index contributed by atoms with van der Waals surface area (Å²) in [6.07, 6.45) is 0.588. The highest BCUT2D eigenvalue weighted by Crippen LogP contribution is 2.23. The Morgan fingerprint density at radius 2 is 1.50 bits per heavy atom. The minimum absolute atomic E-state index is 0.0508. The lowest BCUT2D eigenvalue weighted by Crippen LogP contribution is -2.37. The van der Waals surface area contributed by atoms with Crippen LogP contribution in [0.1, 0.15) is 18.9 Å². The largest absolute Gasteiger partial charge is 0.464 e. The van der Waals surface area contributed by atoms with E-state index < -0.39 is 0 Å². The van der Waals surface area contributed by atoms with Crippen LogP contribution in [-0.2, 0) is 20.9 Å². The second-order valence-electron chi connectivity index (χ2n) is 7.58. The Bertz CT molecular complexity index is 933. The molecule has 2 atom stereocenters. The maximum atomic E-state index is 11.1. The fraction of sp³-hybridized carbons (Fsp3) is 0.269. The molecule has 0 radical (unpaired) electrons. The summed E-state index contributed by atoms with van der Waals surface area (Å²) in [6.45, 7) is 2.54. The molecule has 0 fully saturated rings. The predicted octanol–water partition coefficient (Wildman–Crippen LogP) is 4.76. The molecule has 3 N–H and O–H groups in total. The van der Waals surface area contributed by atoms with Gasteiger partial charge < -0.3 is 25.3 Å². The van der Waals surface area contributed by atoms with E-state index in [1.165, 1.54) is 6.92 Å². The number of carbonyl (C=O) groups excluding carboxylic acids is 1. The highest BCUT2D eigenvalue weighted by Gasteiger charge is 2.16. The summed E-state index contributed by atoms with van der Waals surface area (Å²) in [4.78, 5) is 11.1. The van der Waals surface area contributed by atoms with Crippen LogP contribution in [0.15, 0.2) is 84.9 Å². The van der Waals surface area contributed by atoms with Crippen molar-refractivity contribution in [1.82, 2.24) is 0 Å². The van der Waals surface area contributed by atoms with Crippen LogP contribution in [-0.4, -0.2) is 31.3 Å². The Balaban J connectivity index is 1.57. The Morgan fingerprint density at radius 1 is 0.875 bits per heavy atom. The average molecular weight is 435 g/mol. The van der Waals surface area contributed by atoms with E-state index in [2.05, 4.69) is 5.32 Å². The molecule has 0 bridgehead atoms. The van der Waals surface area contributed by atoms with Gasteiger partial charge in [0, 0.05) is 18.7 Å². The van der Waals surface area contributed by atoms with E-state index in [9.17, 15) is 4.79 Å². The highest BCUT2D eigenvalue weighted by molar-refractivity contribution is 5.65. The normalized spacial score (nSPS) is 12.6. The standard InChI is InChI=1S/C26H30N2O4/c1-20(29)31-18-22(27)16-24(19-30-17-21-8-4-2-5-9-21)28-23-12-14-26(15-13-23)32-25-10-6-3-7-11-25/h2-15,22,24,28H,16-19,27H2,1H3. The van der Waals surface area contributed by atoms with E-state index in [0.717, 1.165) is 22.7 Å². The van der Waals surface area contributed by atoms with Crippen molar-refractivity contribution in [2.45, 2.75) is 32.0 Å². The first-order valence-electron chi connectivity index (χ1n) is 10.7. The van der Waals surface area contributed by atoms with E-state index in [-0.39, 0.29) is 24.7 Å². The molecule has 6 nitrogen and oxygen atoms in total. The van der Waals surface area contributed by atoms with Crippen LogP contribution in [0.25, 0.3) is 0 Å².